The molecule has 0 spiro atoms. The number of imide groups is 1. The van der Waals surface area contributed by atoms with E-state index in [4.69, 9.17) is 4.74 Å². The summed E-state index contributed by atoms with van der Waals surface area (Å²) in [6.07, 6.45) is 9.66. The van der Waals surface area contributed by atoms with Crippen LogP contribution >= 0.6 is 11.8 Å². The third-order valence-electron chi connectivity index (χ3n) is 4.65. The lowest BCUT2D eigenvalue weighted by Crippen LogP contribution is -2.17. The van der Waals surface area contributed by atoms with E-state index in [1.54, 1.807) is 6.08 Å². The maximum Gasteiger partial charge on any atom is 0.290 e. The second-order valence-electron chi connectivity index (χ2n) is 6.52. The number of carbonyl (C=O) groups excluding carboxylic acids is 2. The fourth-order valence-electron chi connectivity index (χ4n) is 3.31. The molecule has 1 aliphatic heterocycles. The molecule has 128 valence electrons. The van der Waals surface area contributed by atoms with Crippen LogP contribution in [0.4, 0.5) is 4.79 Å². The van der Waals surface area contributed by atoms with Crippen molar-refractivity contribution >= 4 is 29.0 Å². The van der Waals surface area contributed by atoms with Gasteiger partial charge in [0, 0.05) is 0 Å². The minimum Gasteiger partial charge on any atom is -0.493 e. The van der Waals surface area contributed by atoms with Gasteiger partial charge in [0.1, 0.15) is 5.75 Å². The van der Waals surface area contributed by atoms with Crippen molar-refractivity contribution in [1.82, 2.24) is 5.32 Å². The lowest BCUT2D eigenvalue weighted by molar-refractivity contribution is -0.115. The second kappa shape index (κ2) is 7.88. The number of benzene rings is 1. The largest absolute Gasteiger partial charge is 0.493 e. The number of rotatable bonds is 5. The summed E-state index contributed by atoms with van der Waals surface area (Å²) in [4.78, 5) is 23.2. The van der Waals surface area contributed by atoms with Gasteiger partial charge in [-0.1, -0.05) is 38.2 Å². The van der Waals surface area contributed by atoms with Gasteiger partial charge in [0.05, 0.1) is 11.5 Å². The maximum absolute atomic E-state index is 11.6. The zero-order valence-electron chi connectivity index (χ0n) is 14.0. The molecule has 2 aliphatic rings. The average Bonchev–Trinajstić information content (AvgIpc) is 2.88. The Balaban J connectivity index is 1.57. The van der Waals surface area contributed by atoms with Crippen molar-refractivity contribution in [3.63, 3.8) is 0 Å². The van der Waals surface area contributed by atoms with Crippen molar-refractivity contribution in [1.29, 1.82) is 0 Å². The number of thioether (sulfide) groups is 1. The standard InChI is InChI=1S/C19H23NO3S/c1-13-11-15(12-17-18(21)20-19(22)24-17)7-8-16(13)23-10-9-14-5-3-2-4-6-14/h7-8,11-12,14H,2-6,9-10H2,1H3,(H,20,21,22). The number of hydrogen-bond acceptors (Lipinski definition) is 4. The third-order valence-corrected chi connectivity index (χ3v) is 5.46. The summed E-state index contributed by atoms with van der Waals surface area (Å²) < 4.78 is 5.94. The molecule has 4 nitrogen and oxygen atoms in total. The second-order valence-corrected chi connectivity index (χ2v) is 7.53. The minimum atomic E-state index is -0.324. The van der Waals surface area contributed by atoms with Crippen LogP contribution in [0, 0.1) is 12.8 Å². The highest BCUT2D eigenvalue weighted by molar-refractivity contribution is 8.18. The highest BCUT2D eigenvalue weighted by atomic mass is 32.2. The summed E-state index contributed by atoms with van der Waals surface area (Å²) in [6.45, 7) is 2.77. The predicted octanol–water partition coefficient (Wildman–Crippen LogP) is 4.67. The van der Waals surface area contributed by atoms with Crippen molar-refractivity contribution in [2.45, 2.75) is 45.4 Å². The Hall–Kier alpha value is -1.75. The van der Waals surface area contributed by atoms with Gasteiger partial charge in [0.2, 0.25) is 0 Å². The molecule has 0 atom stereocenters. The van der Waals surface area contributed by atoms with Gasteiger partial charge in [-0.3, -0.25) is 14.9 Å². The number of amides is 2. The molecule has 0 bridgehead atoms. The minimum absolute atomic E-state index is 0.314. The van der Waals surface area contributed by atoms with Gasteiger partial charge in [0.15, 0.2) is 0 Å². The van der Waals surface area contributed by atoms with E-state index in [9.17, 15) is 9.59 Å². The van der Waals surface area contributed by atoms with Crippen molar-refractivity contribution in [2.75, 3.05) is 6.61 Å². The molecule has 1 aromatic rings. The van der Waals surface area contributed by atoms with E-state index in [0.29, 0.717) is 4.91 Å². The Morgan fingerprint density at radius 2 is 2.04 bits per heavy atom. The van der Waals surface area contributed by atoms with E-state index >= 15 is 0 Å². The van der Waals surface area contributed by atoms with Crippen LogP contribution in [-0.2, 0) is 4.79 Å². The van der Waals surface area contributed by atoms with Crippen LogP contribution in [0.2, 0.25) is 0 Å². The molecule has 0 aromatic heterocycles. The van der Waals surface area contributed by atoms with Crippen LogP contribution < -0.4 is 10.1 Å². The first-order valence-electron chi connectivity index (χ1n) is 8.60. The average molecular weight is 345 g/mol. The van der Waals surface area contributed by atoms with E-state index in [1.165, 1.54) is 32.1 Å². The van der Waals surface area contributed by atoms with Crippen molar-refractivity contribution < 1.29 is 14.3 Å². The Kier molecular flexibility index (Phi) is 5.61. The molecule has 2 amide bonds. The first kappa shape index (κ1) is 17.1. The van der Waals surface area contributed by atoms with Crippen LogP contribution in [0.3, 0.4) is 0 Å². The fraction of sp³-hybridized carbons (Fsp3) is 0.474. The van der Waals surface area contributed by atoms with E-state index in [0.717, 1.165) is 47.6 Å². The smallest absolute Gasteiger partial charge is 0.290 e. The lowest BCUT2D eigenvalue weighted by Gasteiger charge is -2.21. The van der Waals surface area contributed by atoms with Gasteiger partial charge < -0.3 is 4.74 Å². The van der Waals surface area contributed by atoms with E-state index in [-0.39, 0.29) is 11.1 Å². The van der Waals surface area contributed by atoms with Crippen LogP contribution in [0.1, 0.15) is 49.7 Å². The molecule has 1 aromatic carbocycles. The van der Waals surface area contributed by atoms with E-state index in [2.05, 4.69) is 5.32 Å². The Morgan fingerprint density at radius 1 is 1.25 bits per heavy atom. The molecule has 1 aliphatic carbocycles. The predicted molar refractivity (Wildman–Crippen MR) is 97.0 cm³/mol. The van der Waals surface area contributed by atoms with E-state index in [1.807, 2.05) is 25.1 Å². The zero-order valence-corrected chi connectivity index (χ0v) is 14.8. The summed E-state index contributed by atoms with van der Waals surface area (Å²) in [7, 11) is 0. The summed E-state index contributed by atoms with van der Waals surface area (Å²) in [5.41, 5.74) is 1.95. The molecule has 5 heteroatoms. The molecule has 3 rings (SSSR count). The molecule has 1 heterocycles. The van der Waals surface area contributed by atoms with Gasteiger partial charge in [0.25, 0.3) is 11.1 Å². The molecule has 0 radical (unpaired) electrons. The van der Waals surface area contributed by atoms with Crippen LogP contribution in [0.5, 0.6) is 5.75 Å². The summed E-state index contributed by atoms with van der Waals surface area (Å²) in [5.74, 6) is 1.39. The van der Waals surface area contributed by atoms with E-state index < -0.39 is 0 Å². The van der Waals surface area contributed by atoms with Crippen molar-refractivity contribution in [3.8, 4) is 5.75 Å². The number of ether oxygens (including phenoxy) is 1. The van der Waals surface area contributed by atoms with Crippen molar-refractivity contribution in [3.05, 3.63) is 34.2 Å². The van der Waals surface area contributed by atoms with Gasteiger partial charge >= 0.3 is 0 Å². The summed E-state index contributed by atoms with van der Waals surface area (Å²) in [6, 6.07) is 5.86. The highest BCUT2D eigenvalue weighted by Crippen LogP contribution is 2.29. The fourth-order valence-corrected chi connectivity index (χ4v) is 3.99. The molecular formula is C19H23NO3S. The molecule has 0 unspecified atom stereocenters. The first-order valence-corrected chi connectivity index (χ1v) is 9.42. The molecule has 2 fully saturated rings. The Labute approximate surface area is 147 Å². The normalized spacial score (nSPS) is 20.5. The zero-order chi connectivity index (χ0) is 16.9. The Morgan fingerprint density at radius 3 is 2.71 bits per heavy atom. The monoisotopic (exact) mass is 345 g/mol. The number of aryl methyl sites for hydroxylation is 1. The van der Waals surface area contributed by atoms with Crippen LogP contribution in [-0.4, -0.2) is 17.8 Å². The summed E-state index contributed by atoms with van der Waals surface area (Å²) >= 11 is 0.938. The molecular weight excluding hydrogens is 322 g/mol. The Bertz CT molecular complexity index is 663. The quantitative estimate of drug-likeness (QED) is 0.788. The SMILES string of the molecule is Cc1cc(C=C2SC(=O)NC2=O)ccc1OCCC1CCCCC1. The number of carbonyl (C=O) groups is 2. The van der Waals surface area contributed by atoms with Gasteiger partial charge in [-0.15, -0.1) is 0 Å². The van der Waals surface area contributed by atoms with Crippen LogP contribution in [0.25, 0.3) is 6.08 Å². The maximum atomic E-state index is 11.6. The van der Waals surface area contributed by atoms with Crippen molar-refractivity contribution in [2.24, 2.45) is 5.92 Å². The molecule has 1 saturated heterocycles. The summed E-state index contributed by atoms with van der Waals surface area (Å²) in [5, 5.41) is 1.95. The molecule has 1 saturated carbocycles. The highest BCUT2D eigenvalue weighted by Gasteiger charge is 2.24. The lowest BCUT2D eigenvalue weighted by atomic mass is 9.87. The van der Waals surface area contributed by atoms with Crippen LogP contribution in [0.15, 0.2) is 23.1 Å². The van der Waals surface area contributed by atoms with Gasteiger partial charge in [-0.25, -0.2) is 0 Å². The third kappa shape index (κ3) is 4.41. The van der Waals surface area contributed by atoms with Gasteiger partial charge in [-0.2, -0.15) is 0 Å². The first-order chi connectivity index (χ1) is 11.6. The topological polar surface area (TPSA) is 55.4 Å². The molecule has 1 N–H and O–H groups in total. The molecule has 24 heavy (non-hydrogen) atoms. The van der Waals surface area contributed by atoms with Gasteiger partial charge in [-0.05, 0) is 60.4 Å². The number of hydrogen-bond donors (Lipinski definition) is 1. The number of nitrogens with one attached hydrogen (secondary N) is 1.